The van der Waals surface area contributed by atoms with Gasteiger partial charge in [-0.2, -0.15) is 0 Å². The molecule has 0 N–H and O–H groups in total. The number of anilines is 1. The molecule has 4 nitrogen and oxygen atoms in total. The smallest absolute Gasteiger partial charge is 0.272 e. The van der Waals surface area contributed by atoms with Crippen LogP contribution in [0.15, 0.2) is 77.7 Å². The minimum Gasteiger partial charge on any atom is -0.495 e. The Kier molecular flexibility index (Phi) is 5.96. The quantitative estimate of drug-likeness (QED) is 0.484. The largest absolute Gasteiger partial charge is 0.495 e. The second-order valence-electron chi connectivity index (χ2n) is 7.40. The lowest BCUT2D eigenvalue weighted by atomic mass is 10.0. The Balaban J connectivity index is 1.79. The molecule has 0 unspecified atom stereocenters. The molecule has 0 atom stereocenters. The molecule has 5 heteroatoms. The Morgan fingerprint density at radius 2 is 1.55 bits per heavy atom. The molecular formula is C26H23NO3S. The lowest BCUT2D eigenvalue weighted by Crippen LogP contribution is -2.31. The second-order valence-corrected chi connectivity index (χ2v) is 8.38. The van der Waals surface area contributed by atoms with Crippen molar-refractivity contribution in [1.29, 1.82) is 0 Å². The Bertz CT molecular complexity index is 1180. The first kappa shape index (κ1) is 20.9. The van der Waals surface area contributed by atoms with Crippen molar-refractivity contribution < 1.29 is 14.3 Å². The number of rotatable bonds is 6. The summed E-state index contributed by atoms with van der Waals surface area (Å²) in [6, 6.07) is 22.9. The van der Waals surface area contributed by atoms with Crippen LogP contribution in [0.2, 0.25) is 0 Å². The van der Waals surface area contributed by atoms with E-state index in [0.717, 1.165) is 22.3 Å². The van der Waals surface area contributed by atoms with E-state index in [1.807, 2.05) is 68.4 Å². The van der Waals surface area contributed by atoms with Gasteiger partial charge in [-0.25, -0.2) is 4.90 Å². The van der Waals surface area contributed by atoms with Gasteiger partial charge in [0.05, 0.1) is 23.3 Å². The van der Waals surface area contributed by atoms with E-state index in [4.69, 9.17) is 4.74 Å². The molecule has 0 spiro atoms. The number of imide groups is 1. The highest BCUT2D eigenvalue weighted by atomic mass is 32.2. The minimum atomic E-state index is -0.326. The predicted molar refractivity (Wildman–Crippen MR) is 126 cm³/mol. The van der Waals surface area contributed by atoms with Crippen molar-refractivity contribution in [3.8, 4) is 5.75 Å². The predicted octanol–water partition coefficient (Wildman–Crippen LogP) is 5.53. The molecule has 4 rings (SSSR count). The van der Waals surface area contributed by atoms with Gasteiger partial charge in [-0.15, -0.1) is 11.8 Å². The summed E-state index contributed by atoms with van der Waals surface area (Å²) in [5.41, 5.74) is 4.97. The van der Waals surface area contributed by atoms with Gasteiger partial charge in [0.2, 0.25) is 0 Å². The van der Waals surface area contributed by atoms with Crippen molar-refractivity contribution in [1.82, 2.24) is 0 Å². The van der Waals surface area contributed by atoms with Gasteiger partial charge in [0.15, 0.2) is 0 Å². The molecule has 0 saturated carbocycles. The van der Waals surface area contributed by atoms with E-state index in [2.05, 4.69) is 0 Å². The highest BCUT2D eigenvalue weighted by molar-refractivity contribution is 8.03. The molecule has 3 aromatic carbocycles. The SMILES string of the molecule is COc1ccccc1N1C(=O)C(SCc2ccccc2)=C(c2ccc(C)c(C)c2)C1=O. The van der Waals surface area contributed by atoms with Crippen molar-refractivity contribution in [2.24, 2.45) is 0 Å². The zero-order chi connectivity index (χ0) is 22.0. The number of thioether (sulfide) groups is 1. The molecule has 0 radical (unpaired) electrons. The maximum Gasteiger partial charge on any atom is 0.272 e. The van der Waals surface area contributed by atoms with Crippen LogP contribution in [0.5, 0.6) is 5.75 Å². The number of amides is 2. The standard InChI is InChI=1S/C26H23NO3S/c1-17-13-14-20(15-18(17)2)23-24(31-16-19-9-5-4-6-10-19)26(29)27(25(23)28)21-11-7-8-12-22(21)30-3/h4-15H,16H2,1-3H3. The Hall–Kier alpha value is -3.31. The zero-order valence-electron chi connectivity index (χ0n) is 17.7. The number of aryl methyl sites for hydroxylation is 2. The van der Waals surface area contributed by atoms with Crippen molar-refractivity contribution in [3.05, 3.63) is 100.0 Å². The van der Waals surface area contributed by atoms with Gasteiger partial charge in [-0.05, 0) is 48.2 Å². The molecule has 0 bridgehead atoms. The van der Waals surface area contributed by atoms with Crippen LogP contribution in [0.25, 0.3) is 5.57 Å². The Morgan fingerprint density at radius 3 is 2.26 bits per heavy atom. The van der Waals surface area contributed by atoms with Crippen LogP contribution < -0.4 is 9.64 Å². The van der Waals surface area contributed by atoms with E-state index in [0.29, 0.717) is 27.7 Å². The highest BCUT2D eigenvalue weighted by Gasteiger charge is 2.41. The van der Waals surface area contributed by atoms with Crippen molar-refractivity contribution in [2.45, 2.75) is 19.6 Å². The number of hydrogen-bond donors (Lipinski definition) is 0. The number of para-hydroxylation sites is 2. The lowest BCUT2D eigenvalue weighted by Gasteiger charge is -2.18. The minimum absolute atomic E-state index is 0.316. The van der Waals surface area contributed by atoms with Gasteiger partial charge in [-0.3, -0.25) is 9.59 Å². The second kappa shape index (κ2) is 8.82. The average molecular weight is 430 g/mol. The first-order chi connectivity index (χ1) is 15.0. The molecule has 0 aromatic heterocycles. The summed E-state index contributed by atoms with van der Waals surface area (Å²) in [4.78, 5) is 28.8. The number of methoxy groups -OCH3 is 1. The molecule has 3 aromatic rings. The topological polar surface area (TPSA) is 46.6 Å². The third-order valence-electron chi connectivity index (χ3n) is 5.39. The van der Waals surface area contributed by atoms with Gasteiger partial charge >= 0.3 is 0 Å². The fourth-order valence-corrected chi connectivity index (χ4v) is 4.63. The van der Waals surface area contributed by atoms with Crippen LogP contribution in [0.1, 0.15) is 22.3 Å². The van der Waals surface area contributed by atoms with Crippen molar-refractivity contribution in [3.63, 3.8) is 0 Å². The molecule has 156 valence electrons. The number of hydrogen-bond acceptors (Lipinski definition) is 4. The Morgan fingerprint density at radius 1 is 0.839 bits per heavy atom. The average Bonchev–Trinajstić information content (AvgIpc) is 3.04. The summed E-state index contributed by atoms with van der Waals surface area (Å²) in [6.07, 6.45) is 0. The fraction of sp³-hybridized carbons (Fsp3) is 0.154. The van der Waals surface area contributed by atoms with Crippen molar-refractivity contribution in [2.75, 3.05) is 12.0 Å². The summed E-state index contributed by atoms with van der Waals surface area (Å²) < 4.78 is 5.42. The molecule has 1 heterocycles. The molecule has 1 aliphatic heterocycles. The van der Waals surface area contributed by atoms with E-state index in [1.54, 1.807) is 18.2 Å². The van der Waals surface area contributed by atoms with Crippen LogP contribution in [0.4, 0.5) is 5.69 Å². The van der Waals surface area contributed by atoms with Gasteiger partial charge in [0.1, 0.15) is 5.75 Å². The van der Waals surface area contributed by atoms with Crippen LogP contribution in [-0.2, 0) is 15.3 Å². The number of carbonyl (C=O) groups excluding carboxylic acids is 2. The number of nitrogens with zero attached hydrogens (tertiary/aromatic N) is 1. The first-order valence-corrected chi connectivity index (χ1v) is 11.0. The molecule has 1 aliphatic rings. The highest BCUT2D eigenvalue weighted by Crippen LogP contribution is 2.42. The molecule has 0 saturated heterocycles. The number of ether oxygens (including phenoxy) is 1. The van der Waals surface area contributed by atoms with E-state index in [9.17, 15) is 9.59 Å². The van der Waals surface area contributed by atoms with Gasteiger partial charge in [-0.1, -0.05) is 60.7 Å². The summed E-state index contributed by atoms with van der Waals surface area (Å²) in [6.45, 7) is 4.04. The third kappa shape index (κ3) is 4.01. The maximum atomic E-state index is 13.6. The molecule has 2 amide bonds. The summed E-state index contributed by atoms with van der Waals surface area (Å²) in [5.74, 6) is 0.443. The molecular weight excluding hydrogens is 406 g/mol. The molecule has 31 heavy (non-hydrogen) atoms. The third-order valence-corrected chi connectivity index (χ3v) is 6.53. The number of benzene rings is 3. The maximum absolute atomic E-state index is 13.6. The first-order valence-electron chi connectivity index (χ1n) is 10.0. The summed E-state index contributed by atoms with van der Waals surface area (Å²) in [5, 5.41) is 0. The monoisotopic (exact) mass is 429 g/mol. The normalized spacial score (nSPS) is 13.8. The van der Waals surface area contributed by atoms with Gasteiger partial charge in [0, 0.05) is 5.75 Å². The van der Waals surface area contributed by atoms with E-state index in [1.165, 1.54) is 23.8 Å². The molecule has 0 fully saturated rings. The summed E-state index contributed by atoms with van der Waals surface area (Å²) in [7, 11) is 1.53. The van der Waals surface area contributed by atoms with Crippen LogP contribution in [-0.4, -0.2) is 18.9 Å². The molecule has 0 aliphatic carbocycles. The van der Waals surface area contributed by atoms with Crippen LogP contribution in [0, 0.1) is 13.8 Å². The lowest BCUT2D eigenvalue weighted by molar-refractivity contribution is -0.119. The van der Waals surface area contributed by atoms with E-state index in [-0.39, 0.29) is 11.8 Å². The van der Waals surface area contributed by atoms with Crippen LogP contribution >= 0.6 is 11.8 Å². The Labute approximate surface area is 186 Å². The van der Waals surface area contributed by atoms with Gasteiger partial charge in [0.25, 0.3) is 11.8 Å². The van der Waals surface area contributed by atoms with Crippen molar-refractivity contribution >= 4 is 34.8 Å². The zero-order valence-corrected chi connectivity index (χ0v) is 18.5. The number of carbonyl (C=O) groups is 2. The van der Waals surface area contributed by atoms with E-state index < -0.39 is 0 Å². The van der Waals surface area contributed by atoms with Crippen LogP contribution in [0.3, 0.4) is 0 Å². The fourth-order valence-electron chi connectivity index (χ4n) is 3.56. The van der Waals surface area contributed by atoms with E-state index >= 15 is 0 Å². The summed E-state index contributed by atoms with van der Waals surface area (Å²) >= 11 is 1.40. The van der Waals surface area contributed by atoms with Gasteiger partial charge < -0.3 is 4.74 Å².